The van der Waals surface area contributed by atoms with E-state index in [0.29, 0.717) is 22.7 Å². The lowest BCUT2D eigenvalue weighted by atomic mass is 10.1. The van der Waals surface area contributed by atoms with Gasteiger partial charge < -0.3 is 5.73 Å². The van der Waals surface area contributed by atoms with Gasteiger partial charge in [0.25, 0.3) is 0 Å². The Labute approximate surface area is 114 Å². The van der Waals surface area contributed by atoms with Crippen LogP contribution in [-0.2, 0) is 6.54 Å². The third-order valence-electron chi connectivity index (χ3n) is 2.70. The number of benzene rings is 1. The summed E-state index contributed by atoms with van der Waals surface area (Å²) < 4.78 is 15.0. The topological polar surface area (TPSA) is 43.8 Å². The number of hydrogen-bond donors (Lipinski definition) is 1. The van der Waals surface area contributed by atoms with Crippen LogP contribution in [0.2, 0.25) is 5.02 Å². The first-order valence-electron chi connectivity index (χ1n) is 5.25. The van der Waals surface area contributed by atoms with Crippen LogP contribution in [0.3, 0.4) is 0 Å². The minimum Gasteiger partial charge on any atom is -0.389 e. The molecule has 1 aromatic carbocycles. The zero-order valence-electron chi connectivity index (χ0n) is 9.65. The minimum atomic E-state index is -0.332. The maximum Gasteiger partial charge on any atom is 0.123 e. The van der Waals surface area contributed by atoms with Crippen LogP contribution in [0.4, 0.5) is 4.39 Å². The summed E-state index contributed by atoms with van der Waals surface area (Å²) in [6.45, 7) is 2.22. The Hall–Kier alpha value is -1.46. The van der Waals surface area contributed by atoms with E-state index in [9.17, 15) is 4.39 Å². The van der Waals surface area contributed by atoms with E-state index in [1.165, 1.54) is 12.1 Å². The molecule has 3 nitrogen and oxygen atoms in total. The standard InChI is InChI=1S/C12H11ClFN3S/c1-7-11(13)5-16-17(7)6-8-4-9(14)2-3-10(8)12(15)18/h2-5H,6H2,1H3,(H2,15,18). The molecule has 0 radical (unpaired) electrons. The first-order valence-corrected chi connectivity index (χ1v) is 6.04. The molecular formula is C12H11ClFN3S. The van der Waals surface area contributed by atoms with Crippen molar-refractivity contribution in [3.05, 3.63) is 52.1 Å². The van der Waals surface area contributed by atoms with Gasteiger partial charge in [-0.1, -0.05) is 23.8 Å². The molecule has 1 heterocycles. The molecule has 0 aliphatic rings. The Kier molecular flexibility index (Phi) is 3.63. The number of nitrogens with zero attached hydrogens (tertiary/aromatic N) is 2. The molecule has 0 saturated carbocycles. The zero-order chi connectivity index (χ0) is 13.3. The van der Waals surface area contributed by atoms with E-state index >= 15 is 0 Å². The van der Waals surface area contributed by atoms with Gasteiger partial charge in [0.2, 0.25) is 0 Å². The minimum absolute atomic E-state index is 0.237. The Morgan fingerprint density at radius 1 is 1.56 bits per heavy atom. The molecule has 2 aromatic rings. The van der Waals surface area contributed by atoms with Gasteiger partial charge in [0.15, 0.2) is 0 Å². The van der Waals surface area contributed by atoms with E-state index in [2.05, 4.69) is 5.10 Å². The second-order valence-corrected chi connectivity index (χ2v) is 4.75. The Morgan fingerprint density at radius 3 is 2.83 bits per heavy atom. The highest BCUT2D eigenvalue weighted by molar-refractivity contribution is 7.80. The van der Waals surface area contributed by atoms with Gasteiger partial charge in [0, 0.05) is 5.56 Å². The summed E-state index contributed by atoms with van der Waals surface area (Å²) in [7, 11) is 0. The number of hydrogen-bond acceptors (Lipinski definition) is 2. The molecule has 0 aliphatic heterocycles. The summed E-state index contributed by atoms with van der Waals surface area (Å²) in [6, 6.07) is 4.32. The lowest BCUT2D eigenvalue weighted by Gasteiger charge is -2.10. The molecule has 0 amide bonds. The summed E-state index contributed by atoms with van der Waals surface area (Å²) in [5.41, 5.74) is 7.77. The molecule has 0 fully saturated rings. The van der Waals surface area contributed by atoms with Gasteiger partial charge in [-0.25, -0.2) is 4.39 Å². The summed E-state index contributed by atoms with van der Waals surface area (Å²) in [6.07, 6.45) is 1.55. The van der Waals surface area contributed by atoms with Gasteiger partial charge in [-0.15, -0.1) is 0 Å². The fourth-order valence-electron chi connectivity index (χ4n) is 1.68. The molecular weight excluding hydrogens is 273 g/mol. The van der Waals surface area contributed by atoms with Gasteiger partial charge in [-0.3, -0.25) is 4.68 Å². The fourth-order valence-corrected chi connectivity index (χ4v) is 2.02. The van der Waals surface area contributed by atoms with E-state index in [0.717, 1.165) is 5.69 Å². The number of nitrogens with two attached hydrogens (primary N) is 1. The average Bonchev–Trinajstić information content (AvgIpc) is 2.61. The average molecular weight is 284 g/mol. The maximum absolute atomic E-state index is 13.3. The normalized spacial score (nSPS) is 10.6. The third kappa shape index (κ3) is 2.52. The molecule has 1 aromatic heterocycles. The molecule has 0 atom stereocenters. The Morgan fingerprint density at radius 2 is 2.28 bits per heavy atom. The summed E-state index contributed by atoms with van der Waals surface area (Å²) in [5.74, 6) is -0.332. The molecule has 6 heteroatoms. The van der Waals surface area contributed by atoms with Crippen molar-refractivity contribution in [2.24, 2.45) is 5.73 Å². The predicted octanol–water partition coefficient (Wildman–Crippen LogP) is 2.67. The molecule has 0 aliphatic carbocycles. The Bertz CT molecular complexity index is 609. The molecule has 94 valence electrons. The van der Waals surface area contributed by atoms with Crippen molar-refractivity contribution in [2.45, 2.75) is 13.5 Å². The highest BCUT2D eigenvalue weighted by Crippen LogP contribution is 2.17. The molecule has 2 rings (SSSR count). The van der Waals surface area contributed by atoms with Gasteiger partial charge >= 0.3 is 0 Å². The lowest BCUT2D eigenvalue weighted by molar-refractivity contribution is 0.616. The smallest absolute Gasteiger partial charge is 0.123 e. The second kappa shape index (κ2) is 5.04. The van der Waals surface area contributed by atoms with Crippen LogP contribution in [-0.4, -0.2) is 14.8 Å². The van der Waals surface area contributed by atoms with Crippen molar-refractivity contribution in [1.29, 1.82) is 0 Å². The van der Waals surface area contributed by atoms with Crippen LogP contribution < -0.4 is 5.73 Å². The van der Waals surface area contributed by atoms with Crippen molar-refractivity contribution >= 4 is 28.8 Å². The highest BCUT2D eigenvalue weighted by Gasteiger charge is 2.10. The van der Waals surface area contributed by atoms with Crippen LogP contribution >= 0.6 is 23.8 Å². The van der Waals surface area contributed by atoms with Crippen molar-refractivity contribution in [2.75, 3.05) is 0 Å². The third-order valence-corrected chi connectivity index (χ3v) is 3.29. The van der Waals surface area contributed by atoms with Gasteiger partial charge in [0.05, 0.1) is 23.5 Å². The SMILES string of the molecule is Cc1c(Cl)cnn1Cc1cc(F)ccc1C(N)=S. The number of rotatable bonds is 3. The molecule has 0 bridgehead atoms. The van der Waals surface area contributed by atoms with Gasteiger partial charge in [-0.05, 0) is 30.7 Å². The summed E-state index contributed by atoms with van der Waals surface area (Å²) >= 11 is 10.9. The molecule has 18 heavy (non-hydrogen) atoms. The van der Waals surface area contributed by atoms with E-state index in [1.807, 2.05) is 6.92 Å². The van der Waals surface area contributed by atoms with Gasteiger partial charge in [0.1, 0.15) is 10.8 Å². The Balaban J connectivity index is 2.42. The van der Waals surface area contributed by atoms with Crippen LogP contribution in [0.5, 0.6) is 0 Å². The highest BCUT2D eigenvalue weighted by atomic mass is 35.5. The molecule has 2 N–H and O–H groups in total. The summed E-state index contributed by atoms with van der Waals surface area (Å²) in [4.78, 5) is 0.237. The summed E-state index contributed by atoms with van der Waals surface area (Å²) in [5, 5.41) is 4.69. The largest absolute Gasteiger partial charge is 0.389 e. The van der Waals surface area contributed by atoms with Crippen molar-refractivity contribution in [1.82, 2.24) is 9.78 Å². The lowest BCUT2D eigenvalue weighted by Crippen LogP contribution is -2.15. The van der Waals surface area contributed by atoms with E-state index in [1.54, 1.807) is 16.9 Å². The monoisotopic (exact) mass is 283 g/mol. The van der Waals surface area contributed by atoms with Crippen molar-refractivity contribution in [3.8, 4) is 0 Å². The predicted molar refractivity (Wildman–Crippen MR) is 73.4 cm³/mol. The van der Waals surface area contributed by atoms with Crippen LogP contribution in [0.25, 0.3) is 0 Å². The number of thiocarbonyl (C=S) groups is 1. The first-order chi connectivity index (χ1) is 8.49. The molecule has 0 unspecified atom stereocenters. The van der Waals surface area contributed by atoms with E-state index in [-0.39, 0.29) is 10.8 Å². The van der Waals surface area contributed by atoms with Crippen LogP contribution in [0, 0.1) is 12.7 Å². The second-order valence-electron chi connectivity index (χ2n) is 3.90. The van der Waals surface area contributed by atoms with Crippen LogP contribution in [0.15, 0.2) is 24.4 Å². The maximum atomic E-state index is 13.3. The van der Waals surface area contributed by atoms with E-state index in [4.69, 9.17) is 29.6 Å². The van der Waals surface area contributed by atoms with Crippen molar-refractivity contribution < 1.29 is 4.39 Å². The fraction of sp³-hybridized carbons (Fsp3) is 0.167. The molecule has 0 spiro atoms. The number of aromatic nitrogens is 2. The van der Waals surface area contributed by atoms with Crippen LogP contribution in [0.1, 0.15) is 16.8 Å². The van der Waals surface area contributed by atoms with E-state index < -0.39 is 0 Å². The zero-order valence-corrected chi connectivity index (χ0v) is 11.2. The number of halogens is 2. The molecule has 0 saturated heterocycles. The van der Waals surface area contributed by atoms with Crippen molar-refractivity contribution in [3.63, 3.8) is 0 Å². The first kappa shape index (κ1) is 13.0. The van der Waals surface area contributed by atoms with Gasteiger partial charge in [-0.2, -0.15) is 5.10 Å². The quantitative estimate of drug-likeness (QED) is 0.881.